The van der Waals surface area contributed by atoms with E-state index in [4.69, 9.17) is 0 Å². The Bertz CT molecular complexity index is 996. The quantitative estimate of drug-likeness (QED) is 0.694. The number of nitriles is 1. The van der Waals surface area contributed by atoms with Gasteiger partial charge in [0.05, 0.1) is 24.2 Å². The van der Waals surface area contributed by atoms with Crippen LogP contribution in [0.1, 0.15) is 11.1 Å². The number of hydrogen-bond acceptors (Lipinski definition) is 3. The number of hydrogen-bond donors (Lipinski definition) is 0. The number of carbonyl (C=O) groups excluding carboxylic acids is 1. The van der Waals surface area contributed by atoms with Crippen molar-refractivity contribution in [1.82, 2.24) is 4.57 Å². The van der Waals surface area contributed by atoms with Gasteiger partial charge < -0.3 is 14.5 Å². The summed E-state index contributed by atoms with van der Waals surface area (Å²) in [4.78, 5) is 10.9. The van der Waals surface area contributed by atoms with Crippen LogP contribution in [0.15, 0.2) is 54.7 Å². The van der Waals surface area contributed by atoms with Gasteiger partial charge >= 0.3 is 0 Å². The van der Waals surface area contributed by atoms with Gasteiger partial charge in [-0.2, -0.15) is 5.26 Å². The third-order valence-electron chi connectivity index (χ3n) is 3.67. The van der Waals surface area contributed by atoms with Crippen LogP contribution in [0.25, 0.3) is 22.6 Å². The molecule has 0 aliphatic carbocycles. The maximum absolute atomic E-state index is 13.4. The van der Waals surface area contributed by atoms with Crippen molar-refractivity contribution in [2.45, 2.75) is 6.54 Å². The van der Waals surface area contributed by atoms with Crippen molar-refractivity contribution in [3.8, 4) is 6.07 Å². The SMILES string of the molecule is N#C/C(=C/c1cn(CC(=O)[O-])c2ccccc12)c1cccc(F)c1. The Hall–Kier alpha value is -3.39. The number of halogens is 1. The first-order valence-electron chi connectivity index (χ1n) is 7.24. The van der Waals surface area contributed by atoms with E-state index < -0.39 is 11.8 Å². The van der Waals surface area contributed by atoms with Gasteiger partial charge in [-0.3, -0.25) is 0 Å². The summed E-state index contributed by atoms with van der Waals surface area (Å²) < 4.78 is 14.9. The summed E-state index contributed by atoms with van der Waals surface area (Å²) in [6, 6.07) is 15.1. The fourth-order valence-electron chi connectivity index (χ4n) is 2.65. The maximum atomic E-state index is 13.4. The molecule has 0 bridgehead atoms. The molecule has 0 N–H and O–H groups in total. The summed E-state index contributed by atoms with van der Waals surface area (Å²) in [6.07, 6.45) is 3.28. The van der Waals surface area contributed by atoms with Gasteiger partial charge in [0, 0.05) is 22.7 Å². The molecule has 1 heterocycles. The van der Waals surface area contributed by atoms with Crippen LogP contribution in [0, 0.1) is 17.1 Å². The molecule has 0 fully saturated rings. The van der Waals surface area contributed by atoms with Gasteiger partial charge in [0.15, 0.2) is 0 Å². The standard InChI is InChI=1S/C19H13FN2O2/c20-16-5-3-4-13(9-16)14(10-21)8-15-11-22(12-19(23)24)18-7-2-1-6-17(15)18/h1-9,11H,12H2,(H,23,24)/p-1/b14-8-. The number of aliphatic carboxylic acids is 1. The van der Waals surface area contributed by atoms with Crippen LogP contribution in [0.3, 0.4) is 0 Å². The van der Waals surface area contributed by atoms with Crippen LogP contribution in [0.2, 0.25) is 0 Å². The summed E-state index contributed by atoms with van der Waals surface area (Å²) in [5.41, 5.74) is 2.18. The first kappa shape index (κ1) is 15.5. The van der Waals surface area contributed by atoms with Crippen molar-refractivity contribution in [3.63, 3.8) is 0 Å². The molecule has 0 saturated carbocycles. The number of benzene rings is 2. The van der Waals surface area contributed by atoms with Gasteiger partial charge in [-0.1, -0.05) is 30.3 Å². The number of nitrogens with zero attached hydrogens (tertiary/aromatic N) is 2. The molecule has 0 saturated heterocycles. The molecule has 24 heavy (non-hydrogen) atoms. The van der Waals surface area contributed by atoms with Gasteiger partial charge in [0.2, 0.25) is 0 Å². The molecule has 3 rings (SSSR count). The highest BCUT2D eigenvalue weighted by Crippen LogP contribution is 2.26. The van der Waals surface area contributed by atoms with E-state index in [0.29, 0.717) is 16.7 Å². The third kappa shape index (κ3) is 3.03. The second-order valence-electron chi connectivity index (χ2n) is 5.28. The Balaban J connectivity index is 2.15. The molecule has 4 nitrogen and oxygen atoms in total. The molecule has 0 radical (unpaired) electrons. The lowest BCUT2D eigenvalue weighted by atomic mass is 10.0. The van der Waals surface area contributed by atoms with E-state index in [2.05, 4.69) is 6.07 Å². The van der Waals surface area contributed by atoms with Crippen LogP contribution >= 0.6 is 0 Å². The van der Waals surface area contributed by atoms with Crippen molar-refractivity contribution >= 4 is 28.5 Å². The Morgan fingerprint density at radius 3 is 2.75 bits per heavy atom. The molecule has 1 aromatic heterocycles. The number of rotatable bonds is 4. The molecule has 0 spiro atoms. The number of para-hydroxylation sites is 1. The van der Waals surface area contributed by atoms with Gasteiger partial charge in [0.1, 0.15) is 5.82 Å². The molecule has 5 heteroatoms. The maximum Gasteiger partial charge on any atom is 0.123 e. The molecule has 118 valence electrons. The first-order valence-corrected chi connectivity index (χ1v) is 7.24. The van der Waals surface area contributed by atoms with Crippen LogP contribution in [-0.2, 0) is 11.3 Å². The summed E-state index contributed by atoms with van der Waals surface area (Å²) in [5.74, 6) is -1.62. The molecule has 0 aliphatic heterocycles. The second kappa shape index (κ2) is 6.39. The van der Waals surface area contributed by atoms with Crippen LogP contribution in [0.5, 0.6) is 0 Å². The minimum atomic E-state index is -1.20. The van der Waals surface area contributed by atoms with E-state index in [-0.39, 0.29) is 6.54 Å². The Morgan fingerprint density at radius 2 is 2.04 bits per heavy atom. The molecule has 0 atom stereocenters. The van der Waals surface area contributed by atoms with Gasteiger partial charge in [-0.15, -0.1) is 0 Å². The van der Waals surface area contributed by atoms with E-state index in [1.54, 1.807) is 35.0 Å². The van der Waals surface area contributed by atoms with E-state index >= 15 is 0 Å². The van der Waals surface area contributed by atoms with Crippen molar-refractivity contribution in [3.05, 3.63) is 71.7 Å². The summed E-state index contributed by atoms with van der Waals surface area (Å²) in [5, 5.41) is 21.1. The lowest BCUT2D eigenvalue weighted by Gasteiger charge is -2.04. The van der Waals surface area contributed by atoms with Crippen LogP contribution < -0.4 is 5.11 Å². The fourth-order valence-corrected chi connectivity index (χ4v) is 2.65. The molecule has 3 aromatic rings. The molecular weight excluding hydrogens is 307 g/mol. The number of aromatic nitrogens is 1. The van der Waals surface area contributed by atoms with Crippen molar-refractivity contribution in [2.24, 2.45) is 0 Å². The van der Waals surface area contributed by atoms with E-state index in [0.717, 1.165) is 10.9 Å². The summed E-state index contributed by atoms with van der Waals surface area (Å²) in [6.45, 7) is -0.282. The normalized spacial score (nSPS) is 11.4. The van der Waals surface area contributed by atoms with E-state index in [1.165, 1.54) is 18.2 Å². The number of allylic oxidation sites excluding steroid dienone is 1. The van der Waals surface area contributed by atoms with E-state index in [9.17, 15) is 19.6 Å². The average Bonchev–Trinajstić information content (AvgIpc) is 2.90. The molecular formula is C19H12FN2O2-. The highest BCUT2D eigenvalue weighted by molar-refractivity contribution is 5.98. The largest absolute Gasteiger partial charge is 0.548 e. The number of carbonyl (C=O) groups is 1. The molecule has 0 aliphatic rings. The van der Waals surface area contributed by atoms with Crippen LogP contribution in [-0.4, -0.2) is 10.5 Å². The Morgan fingerprint density at radius 1 is 1.25 bits per heavy atom. The van der Waals surface area contributed by atoms with Crippen molar-refractivity contribution in [2.75, 3.05) is 0 Å². The Kier molecular flexibility index (Phi) is 4.13. The minimum absolute atomic E-state index is 0.282. The Labute approximate surface area is 137 Å². The van der Waals surface area contributed by atoms with Crippen molar-refractivity contribution < 1.29 is 14.3 Å². The second-order valence-corrected chi connectivity index (χ2v) is 5.28. The highest BCUT2D eigenvalue weighted by atomic mass is 19.1. The monoisotopic (exact) mass is 319 g/mol. The lowest BCUT2D eigenvalue weighted by Crippen LogP contribution is -2.27. The topological polar surface area (TPSA) is 68.8 Å². The highest BCUT2D eigenvalue weighted by Gasteiger charge is 2.09. The number of fused-ring (bicyclic) bond motifs is 1. The molecule has 2 aromatic carbocycles. The average molecular weight is 319 g/mol. The lowest BCUT2D eigenvalue weighted by molar-refractivity contribution is -0.306. The number of carboxylic acids is 1. The molecule has 0 unspecified atom stereocenters. The third-order valence-corrected chi connectivity index (χ3v) is 3.67. The smallest absolute Gasteiger partial charge is 0.123 e. The zero-order valence-corrected chi connectivity index (χ0v) is 12.6. The van der Waals surface area contributed by atoms with E-state index in [1.807, 2.05) is 12.1 Å². The predicted molar refractivity (Wildman–Crippen MR) is 86.8 cm³/mol. The summed E-state index contributed by atoms with van der Waals surface area (Å²) in [7, 11) is 0. The fraction of sp³-hybridized carbons (Fsp3) is 0.0526. The van der Waals surface area contributed by atoms with Crippen LogP contribution in [0.4, 0.5) is 4.39 Å². The minimum Gasteiger partial charge on any atom is -0.548 e. The zero-order chi connectivity index (χ0) is 17.1. The van der Waals surface area contributed by atoms with Gasteiger partial charge in [0.25, 0.3) is 0 Å². The summed E-state index contributed by atoms with van der Waals surface area (Å²) >= 11 is 0. The van der Waals surface area contributed by atoms with Gasteiger partial charge in [-0.25, -0.2) is 4.39 Å². The zero-order valence-electron chi connectivity index (χ0n) is 12.6. The predicted octanol–water partition coefficient (Wildman–Crippen LogP) is 2.59. The first-order chi connectivity index (χ1) is 11.6. The van der Waals surface area contributed by atoms with Crippen molar-refractivity contribution in [1.29, 1.82) is 5.26 Å². The molecule has 0 amide bonds. The number of carboxylic acid groups (broad SMARTS) is 1. The van der Waals surface area contributed by atoms with Gasteiger partial charge in [-0.05, 0) is 29.8 Å².